The second-order valence-corrected chi connectivity index (χ2v) is 12.5. The lowest BCUT2D eigenvalue weighted by Gasteiger charge is -2.46. The topological polar surface area (TPSA) is 88.4 Å². The minimum Gasteiger partial charge on any atom is -0.387 e. The molecule has 0 unspecified atom stereocenters. The highest BCUT2D eigenvalue weighted by atomic mass is 16.7. The number of hydrogen-bond acceptors (Lipinski definition) is 6. The smallest absolute Gasteiger partial charge is 0.184 e. The molecule has 252 valence electrons. The molecule has 50 heavy (non-hydrogen) atoms. The van der Waals surface area contributed by atoms with Gasteiger partial charge in [-0.1, -0.05) is 182 Å². The Morgan fingerprint density at radius 2 is 0.720 bits per heavy atom. The summed E-state index contributed by atoms with van der Waals surface area (Å²) in [6.45, 7) is -0.151. The van der Waals surface area contributed by atoms with Crippen molar-refractivity contribution in [3.8, 4) is 0 Å². The highest BCUT2D eigenvalue weighted by molar-refractivity contribution is 5.49. The van der Waals surface area contributed by atoms with Crippen molar-refractivity contribution in [2.75, 3.05) is 6.61 Å². The standard InChI is InChI=1S/C44H40O6/c45-39-38(31-48-43(32-19-7-1-8-20-32,33-21-9-2-10-22-33)34-23-11-3-12-24-34)49-42(47)41(40(39)46)50-44(35-25-13-4-14-26-35,36-27-15-5-16-28-36)37-29-17-6-18-30-37/h1-30,38-42,45-47H,31H2/t38-,39-,40+,41+,42+/m1/s1. The number of aliphatic hydroxyl groups is 3. The molecular weight excluding hydrogens is 624 g/mol. The highest BCUT2D eigenvalue weighted by Crippen LogP contribution is 2.44. The predicted molar refractivity (Wildman–Crippen MR) is 192 cm³/mol. The zero-order valence-electron chi connectivity index (χ0n) is 27.5. The monoisotopic (exact) mass is 664 g/mol. The highest BCUT2D eigenvalue weighted by Gasteiger charge is 2.51. The lowest BCUT2D eigenvalue weighted by atomic mass is 9.79. The summed E-state index contributed by atoms with van der Waals surface area (Å²) in [5.41, 5.74) is 2.65. The van der Waals surface area contributed by atoms with Crippen LogP contribution in [0.15, 0.2) is 182 Å². The quantitative estimate of drug-likeness (QED) is 0.132. The van der Waals surface area contributed by atoms with Crippen LogP contribution in [0.25, 0.3) is 0 Å². The molecule has 0 aromatic heterocycles. The van der Waals surface area contributed by atoms with E-state index in [9.17, 15) is 15.3 Å². The minimum atomic E-state index is -1.60. The van der Waals surface area contributed by atoms with E-state index in [4.69, 9.17) is 14.2 Å². The summed E-state index contributed by atoms with van der Waals surface area (Å²) in [6, 6.07) is 58.6. The summed E-state index contributed by atoms with van der Waals surface area (Å²) in [7, 11) is 0. The molecule has 0 bridgehead atoms. The largest absolute Gasteiger partial charge is 0.387 e. The first-order valence-corrected chi connectivity index (χ1v) is 16.9. The van der Waals surface area contributed by atoms with Crippen LogP contribution in [0.3, 0.4) is 0 Å². The summed E-state index contributed by atoms with van der Waals surface area (Å²) in [6.07, 6.45) is -7.00. The average Bonchev–Trinajstić information content (AvgIpc) is 3.19. The fourth-order valence-corrected chi connectivity index (χ4v) is 7.09. The Balaban J connectivity index is 1.23. The van der Waals surface area contributed by atoms with Crippen molar-refractivity contribution in [1.29, 1.82) is 0 Å². The maximum atomic E-state index is 11.8. The number of ether oxygens (including phenoxy) is 3. The van der Waals surface area contributed by atoms with Crippen molar-refractivity contribution in [2.45, 2.75) is 41.9 Å². The van der Waals surface area contributed by atoms with Crippen molar-refractivity contribution >= 4 is 0 Å². The van der Waals surface area contributed by atoms with Crippen molar-refractivity contribution in [3.05, 3.63) is 215 Å². The molecule has 1 heterocycles. The molecular formula is C44H40O6. The van der Waals surface area contributed by atoms with E-state index in [-0.39, 0.29) is 6.61 Å². The maximum absolute atomic E-state index is 11.8. The Hall–Kier alpha value is -4.92. The van der Waals surface area contributed by atoms with Gasteiger partial charge in [-0.15, -0.1) is 0 Å². The zero-order chi connectivity index (χ0) is 34.4. The number of aliphatic hydroxyl groups excluding tert-OH is 3. The van der Waals surface area contributed by atoms with E-state index >= 15 is 0 Å². The van der Waals surface area contributed by atoms with Gasteiger partial charge < -0.3 is 29.5 Å². The Kier molecular flexibility index (Phi) is 10.0. The van der Waals surface area contributed by atoms with Gasteiger partial charge >= 0.3 is 0 Å². The van der Waals surface area contributed by atoms with E-state index in [0.717, 1.165) is 33.4 Å². The SMILES string of the molecule is O[C@H]1[C@H](O)[C@@H](COC(c2ccccc2)(c2ccccc2)c2ccccc2)O[C@H](O)[C@H]1OC(c1ccccc1)(c1ccccc1)c1ccccc1. The summed E-state index contributed by atoms with van der Waals surface area (Å²) in [4.78, 5) is 0. The third-order valence-electron chi connectivity index (χ3n) is 9.52. The molecule has 0 amide bonds. The molecule has 3 N–H and O–H groups in total. The molecule has 0 aliphatic carbocycles. The van der Waals surface area contributed by atoms with Crippen molar-refractivity contribution in [1.82, 2.24) is 0 Å². The van der Waals surface area contributed by atoms with E-state index in [1.165, 1.54) is 0 Å². The molecule has 6 aromatic rings. The minimum absolute atomic E-state index is 0.151. The third-order valence-corrected chi connectivity index (χ3v) is 9.52. The van der Waals surface area contributed by atoms with Crippen LogP contribution >= 0.6 is 0 Å². The zero-order valence-corrected chi connectivity index (χ0v) is 27.5. The summed E-state index contributed by atoms with van der Waals surface area (Å²) < 4.78 is 19.9. The van der Waals surface area contributed by atoms with Gasteiger partial charge in [0.05, 0.1) is 6.61 Å². The summed E-state index contributed by atoms with van der Waals surface area (Å²) in [5, 5.41) is 35.1. The first kappa shape index (κ1) is 33.6. The fraction of sp³-hybridized carbons (Fsp3) is 0.182. The number of hydrogen-bond donors (Lipinski definition) is 3. The van der Waals surface area contributed by atoms with Gasteiger partial charge in [0.25, 0.3) is 0 Å². The van der Waals surface area contributed by atoms with Gasteiger partial charge in [0.15, 0.2) is 6.29 Å². The van der Waals surface area contributed by atoms with Gasteiger partial charge in [0.1, 0.15) is 35.6 Å². The molecule has 6 aromatic carbocycles. The molecule has 0 spiro atoms. The third kappa shape index (κ3) is 6.30. The van der Waals surface area contributed by atoms with Crippen LogP contribution < -0.4 is 0 Å². The summed E-state index contributed by atoms with van der Waals surface area (Å²) in [5.74, 6) is 0. The molecule has 1 fully saturated rings. The Labute approximate surface area is 292 Å². The van der Waals surface area contributed by atoms with Gasteiger partial charge in [0, 0.05) is 0 Å². The molecule has 6 nitrogen and oxygen atoms in total. The Morgan fingerprint density at radius 1 is 0.420 bits per heavy atom. The number of benzene rings is 6. The van der Waals surface area contributed by atoms with Gasteiger partial charge in [-0.3, -0.25) is 0 Å². The maximum Gasteiger partial charge on any atom is 0.184 e. The first-order chi connectivity index (χ1) is 24.5. The molecule has 7 rings (SSSR count). The predicted octanol–water partition coefficient (Wildman–Crippen LogP) is 6.81. The van der Waals surface area contributed by atoms with Crippen molar-refractivity contribution < 1.29 is 29.5 Å². The van der Waals surface area contributed by atoms with E-state index in [1.807, 2.05) is 182 Å². The van der Waals surface area contributed by atoms with Crippen LogP contribution in [0.5, 0.6) is 0 Å². The van der Waals surface area contributed by atoms with Crippen LogP contribution in [-0.2, 0) is 25.4 Å². The van der Waals surface area contributed by atoms with E-state index in [2.05, 4.69) is 0 Å². The lowest BCUT2D eigenvalue weighted by Crippen LogP contribution is -2.61. The molecule has 0 radical (unpaired) electrons. The molecule has 6 heteroatoms. The van der Waals surface area contributed by atoms with Gasteiger partial charge in [-0.25, -0.2) is 0 Å². The van der Waals surface area contributed by atoms with Crippen LogP contribution in [-0.4, -0.2) is 52.6 Å². The van der Waals surface area contributed by atoms with E-state index in [0.29, 0.717) is 0 Å². The fourth-order valence-electron chi connectivity index (χ4n) is 7.09. The van der Waals surface area contributed by atoms with Gasteiger partial charge in [0.2, 0.25) is 0 Å². The van der Waals surface area contributed by atoms with Crippen molar-refractivity contribution in [2.24, 2.45) is 0 Å². The first-order valence-electron chi connectivity index (χ1n) is 16.9. The molecule has 0 saturated carbocycles. The normalized spacial score (nSPS) is 21.1. The molecule has 1 saturated heterocycles. The van der Waals surface area contributed by atoms with Crippen LogP contribution in [0.2, 0.25) is 0 Å². The van der Waals surface area contributed by atoms with E-state index in [1.54, 1.807) is 0 Å². The second kappa shape index (κ2) is 14.9. The lowest BCUT2D eigenvalue weighted by molar-refractivity contribution is -0.313. The molecule has 1 aliphatic rings. The average molecular weight is 665 g/mol. The Bertz CT molecular complexity index is 1710. The molecule has 5 atom stereocenters. The second-order valence-electron chi connectivity index (χ2n) is 12.5. The van der Waals surface area contributed by atoms with Crippen molar-refractivity contribution in [3.63, 3.8) is 0 Å². The van der Waals surface area contributed by atoms with Crippen LogP contribution in [0, 0.1) is 0 Å². The van der Waals surface area contributed by atoms with Gasteiger partial charge in [-0.05, 0) is 33.4 Å². The van der Waals surface area contributed by atoms with Crippen LogP contribution in [0.4, 0.5) is 0 Å². The Morgan fingerprint density at radius 3 is 1.04 bits per heavy atom. The summed E-state index contributed by atoms with van der Waals surface area (Å²) >= 11 is 0. The molecule has 1 aliphatic heterocycles. The van der Waals surface area contributed by atoms with Crippen LogP contribution in [0.1, 0.15) is 33.4 Å². The number of rotatable bonds is 11. The van der Waals surface area contributed by atoms with Gasteiger partial charge in [-0.2, -0.15) is 0 Å². The van der Waals surface area contributed by atoms with E-state index < -0.39 is 41.9 Å².